The first-order valence-corrected chi connectivity index (χ1v) is 13.9. The van der Waals surface area contributed by atoms with Crippen molar-refractivity contribution >= 4 is 45.0 Å². The molecule has 7 rings (SSSR count). The van der Waals surface area contributed by atoms with E-state index >= 15 is 0 Å². The quantitative estimate of drug-likeness (QED) is 0.194. The number of nitrogens with zero attached hydrogens (tertiary/aromatic N) is 1. The molecule has 196 valence electrons. The molecule has 1 saturated heterocycles. The molecule has 0 saturated carbocycles. The van der Waals surface area contributed by atoms with Crippen LogP contribution in [0.5, 0.6) is 5.75 Å². The zero-order chi connectivity index (χ0) is 27.6. The Bertz CT molecular complexity index is 1710. The number of ketones is 3. The van der Waals surface area contributed by atoms with Gasteiger partial charge in [-0.2, -0.15) is 0 Å². The largest absolute Gasteiger partial charge is 0.497 e. The fraction of sp³-hybridized carbons (Fsp3) is 0.147. The van der Waals surface area contributed by atoms with Gasteiger partial charge in [-0.1, -0.05) is 94.8 Å². The van der Waals surface area contributed by atoms with Crippen molar-refractivity contribution < 1.29 is 19.1 Å². The number of benzene rings is 4. The summed E-state index contributed by atoms with van der Waals surface area (Å²) >= 11 is 3.52. The SMILES string of the molecule is COc1cccc(C(=O)C2C(c3ccc(Br)cc3)C3(C(=O)c4ccccc4C3=O)C3C=Cc4ccccc4N23)c1. The molecule has 6 heteroatoms. The highest BCUT2D eigenvalue weighted by Gasteiger charge is 2.71. The number of rotatable bonds is 4. The normalized spacial score (nSPS) is 21.8. The lowest BCUT2D eigenvalue weighted by Gasteiger charge is -2.37. The lowest BCUT2D eigenvalue weighted by Crippen LogP contribution is -2.48. The standard InChI is InChI=1S/C34H24BrNO4/c1-40-24-9-6-8-22(19-24)31(37)30-29(21-13-16-23(35)17-14-21)34(32(38)25-10-3-4-11-26(25)33(34)39)28-18-15-20-7-2-5-12-27(20)36(28)30/h2-19,28-30H,1H3. The van der Waals surface area contributed by atoms with Gasteiger partial charge in [-0.3, -0.25) is 14.4 Å². The third-order valence-electron chi connectivity index (χ3n) is 8.56. The number of halogens is 1. The van der Waals surface area contributed by atoms with Crippen LogP contribution < -0.4 is 9.64 Å². The Hall–Kier alpha value is -4.29. The first-order chi connectivity index (χ1) is 19.5. The van der Waals surface area contributed by atoms with Crippen molar-refractivity contribution in [3.8, 4) is 5.75 Å². The predicted octanol–water partition coefficient (Wildman–Crippen LogP) is 6.77. The molecule has 4 aromatic rings. The van der Waals surface area contributed by atoms with Crippen LogP contribution in [0.1, 0.15) is 48.1 Å². The van der Waals surface area contributed by atoms with E-state index in [0.717, 1.165) is 21.3 Å². The smallest absolute Gasteiger partial charge is 0.186 e. The fourth-order valence-electron chi connectivity index (χ4n) is 6.91. The van der Waals surface area contributed by atoms with E-state index in [1.54, 1.807) is 55.6 Å². The average Bonchev–Trinajstić information content (AvgIpc) is 3.43. The Balaban J connectivity index is 1.54. The van der Waals surface area contributed by atoms with Gasteiger partial charge in [0.1, 0.15) is 17.2 Å². The van der Waals surface area contributed by atoms with Crippen LogP contribution in [0.15, 0.2) is 108 Å². The lowest BCUT2D eigenvalue weighted by molar-refractivity contribution is 0.0666. The van der Waals surface area contributed by atoms with Crippen molar-refractivity contribution in [1.29, 1.82) is 0 Å². The molecule has 3 unspecified atom stereocenters. The van der Waals surface area contributed by atoms with Gasteiger partial charge in [-0.05, 0) is 41.5 Å². The molecule has 3 atom stereocenters. The maximum atomic E-state index is 14.7. The van der Waals surface area contributed by atoms with Gasteiger partial charge in [-0.15, -0.1) is 0 Å². The minimum Gasteiger partial charge on any atom is -0.497 e. The monoisotopic (exact) mass is 589 g/mol. The summed E-state index contributed by atoms with van der Waals surface area (Å²) in [7, 11) is 1.56. The van der Waals surface area contributed by atoms with Gasteiger partial charge in [0, 0.05) is 32.8 Å². The van der Waals surface area contributed by atoms with Gasteiger partial charge >= 0.3 is 0 Å². The molecule has 0 bridgehead atoms. The minimum absolute atomic E-state index is 0.171. The summed E-state index contributed by atoms with van der Waals surface area (Å²) < 4.78 is 6.30. The van der Waals surface area contributed by atoms with Crippen molar-refractivity contribution in [3.05, 3.63) is 135 Å². The molecule has 0 aromatic heterocycles. The third-order valence-corrected chi connectivity index (χ3v) is 9.09. The first kappa shape index (κ1) is 24.7. The van der Waals surface area contributed by atoms with E-state index < -0.39 is 23.4 Å². The highest BCUT2D eigenvalue weighted by molar-refractivity contribution is 9.10. The molecular formula is C34H24BrNO4. The highest BCUT2D eigenvalue weighted by atomic mass is 79.9. The van der Waals surface area contributed by atoms with Gasteiger partial charge in [0.25, 0.3) is 0 Å². The van der Waals surface area contributed by atoms with Crippen LogP contribution in [0.2, 0.25) is 0 Å². The van der Waals surface area contributed by atoms with Crippen LogP contribution in [0.25, 0.3) is 6.08 Å². The van der Waals surface area contributed by atoms with Crippen LogP contribution >= 0.6 is 15.9 Å². The molecule has 0 radical (unpaired) electrons. The van der Waals surface area contributed by atoms with E-state index in [9.17, 15) is 14.4 Å². The molecule has 1 spiro atoms. The second-order valence-corrected chi connectivity index (χ2v) is 11.3. The molecule has 2 aliphatic heterocycles. The second-order valence-electron chi connectivity index (χ2n) is 10.4. The number of carbonyl (C=O) groups is 3. The maximum Gasteiger partial charge on any atom is 0.186 e. The Morgan fingerprint density at radius 3 is 2.23 bits per heavy atom. The van der Waals surface area contributed by atoms with Gasteiger partial charge in [0.15, 0.2) is 17.3 Å². The molecule has 0 amide bonds. The number of Topliss-reactive ketones (excluding diaryl/α,β-unsaturated/α-hetero) is 3. The van der Waals surface area contributed by atoms with E-state index in [1.807, 2.05) is 65.6 Å². The van der Waals surface area contributed by atoms with Crippen LogP contribution in [0, 0.1) is 5.41 Å². The summed E-state index contributed by atoms with van der Waals surface area (Å²) in [4.78, 5) is 46.0. The lowest BCUT2D eigenvalue weighted by atomic mass is 9.64. The number of carbonyl (C=O) groups excluding carboxylic acids is 3. The van der Waals surface area contributed by atoms with E-state index in [4.69, 9.17) is 4.74 Å². The minimum atomic E-state index is -1.51. The van der Waals surface area contributed by atoms with Crippen molar-refractivity contribution in [1.82, 2.24) is 0 Å². The summed E-state index contributed by atoms with van der Waals surface area (Å²) in [5, 5.41) is 0. The van der Waals surface area contributed by atoms with Crippen molar-refractivity contribution in [2.45, 2.75) is 18.0 Å². The summed E-state index contributed by atoms with van der Waals surface area (Å²) in [5.41, 5.74) is 2.30. The molecule has 4 aromatic carbocycles. The van der Waals surface area contributed by atoms with Crippen LogP contribution in [-0.2, 0) is 0 Å². The van der Waals surface area contributed by atoms with E-state index in [0.29, 0.717) is 22.4 Å². The number of hydrogen-bond donors (Lipinski definition) is 0. The van der Waals surface area contributed by atoms with Crippen LogP contribution in [-0.4, -0.2) is 36.5 Å². The number of anilines is 1. The fourth-order valence-corrected chi connectivity index (χ4v) is 7.17. The predicted molar refractivity (Wildman–Crippen MR) is 157 cm³/mol. The zero-order valence-corrected chi connectivity index (χ0v) is 23.2. The Kier molecular flexibility index (Phi) is 5.65. The molecule has 40 heavy (non-hydrogen) atoms. The van der Waals surface area contributed by atoms with Crippen LogP contribution in [0.4, 0.5) is 5.69 Å². The van der Waals surface area contributed by atoms with E-state index in [1.165, 1.54) is 0 Å². The van der Waals surface area contributed by atoms with Gasteiger partial charge in [0.05, 0.1) is 13.2 Å². The molecule has 1 aliphatic carbocycles. The van der Waals surface area contributed by atoms with Crippen molar-refractivity contribution in [3.63, 3.8) is 0 Å². The van der Waals surface area contributed by atoms with Gasteiger partial charge in [0.2, 0.25) is 0 Å². The highest BCUT2D eigenvalue weighted by Crippen LogP contribution is 2.61. The Labute approximate surface area is 240 Å². The number of ether oxygens (including phenoxy) is 1. The molecule has 1 fully saturated rings. The molecule has 2 heterocycles. The number of methoxy groups -OCH3 is 1. The second kappa shape index (κ2) is 9.14. The number of fused-ring (bicyclic) bond motifs is 5. The van der Waals surface area contributed by atoms with Crippen molar-refractivity contribution in [2.75, 3.05) is 12.0 Å². The van der Waals surface area contributed by atoms with E-state index in [2.05, 4.69) is 15.9 Å². The zero-order valence-electron chi connectivity index (χ0n) is 21.6. The molecule has 5 nitrogen and oxygen atoms in total. The molecular weight excluding hydrogens is 566 g/mol. The number of para-hydroxylation sites is 1. The van der Waals surface area contributed by atoms with Crippen molar-refractivity contribution in [2.24, 2.45) is 5.41 Å². The Morgan fingerprint density at radius 2 is 1.52 bits per heavy atom. The van der Waals surface area contributed by atoms with E-state index in [-0.39, 0.29) is 17.3 Å². The number of hydrogen-bond acceptors (Lipinski definition) is 5. The van der Waals surface area contributed by atoms with Crippen LogP contribution in [0.3, 0.4) is 0 Å². The van der Waals surface area contributed by atoms with Gasteiger partial charge < -0.3 is 9.64 Å². The average molecular weight is 590 g/mol. The third kappa shape index (κ3) is 3.29. The van der Waals surface area contributed by atoms with Gasteiger partial charge in [-0.25, -0.2) is 0 Å². The topological polar surface area (TPSA) is 63.7 Å². The maximum absolute atomic E-state index is 14.7. The molecule has 0 N–H and O–H groups in total. The Morgan fingerprint density at radius 1 is 0.850 bits per heavy atom. The first-order valence-electron chi connectivity index (χ1n) is 13.1. The summed E-state index contributed by atoms with van der Waals surface area (Å²) in [6, 6.07) is 28.1. The summed E-state index contributed by atoms with van der Waals surface area (Å²) in [6.07, 6.45) is 3.91. The summed E-state index contributed by atoms with van der Waals surface area (Å²) in [6.45, 7) is 0. The molecule has 3 aliphatic rings. The summed E-state index contributed by atoms with van der Waals surface area (Å²) in [5.74, 6) is -0.820.